The van der Waals surface area contributed by atoms with Crippen LogP contribution in [0.1, 0.15) is 25.0 Å². The summed E-state index contributed by atoms with van der Waals surface area (Å²) in [5, 5.41) is 0. The number of allylic oxidation sites excluding steroid dienone is 2. The third-order valence-corrected chi connectivity index (χ3v) is 2.80. The summed E-state index contributed by atoms with van der Waals surface area (Å²) in [6.07, 6.45) is 0.0210. The van der Waals surface area contributed by atoms with Crippen LogP contribution in [0.4, 0.5) is 13.2 Å². The van der Waals surface area contributed by atoms with Crippen molar-refractivity contribution in [3.8, 4) is 11.8 Å². The van der Waals surface area contributed by atoms with Crippen molar-refractivity contribution in [1.82, 2.24) is 4.98 Å². The zero-order valence-corrected chi connectivity index (χ0v) is 9.67. The van der Waals surface area contributed by atoms with E-state index in [-0.39, 0.29) is 6.42 Å². The van der Waals surface area contributed by atoms with E-state index in [1.54, 1.807) is 24.4 Å². The molecule has 1 heterocycles. The predicted octanol–water partition coefficient (Wildman–Crippen LogP) is 3.72. The van der Waals surface area contributed by atoms with Crippen LogP contribution in [-0.4, -0.2) is 11.2 Å². The molecule has 1 aromatic heterocycles. The van der Waals surface area contributed by atoms with Crippen LogP contribution in [-0.2, 0) is 0 Å². The second-order valence-electron chi connectivity index (χ2n) is 4.20. The molecule has 1 atom stereocenters. The van der Waals surface area contributed by atoms with Crippen LogP contribution in [0.5, 0.6) is 0 Å². The SMILES string of the molecule is FC(F)(F)C1C=C(C#Cc2ccccn2)CCC1. The highest BCUT2D eigenvalue weighted by Crippen LogP contribution is 2.35. The van der Waals surface area contributed by atoms with Crippen molar-refractivity contribution in [1.29, 1.82) is 0 Å². The van der Waals surface area contributed by atoms with Gasteiger partial charge >= 0.3 is 6.18 Å². The maximum absolute atomic E-state index is 12.6. The molecule has 0 saturated heterocycles. The lowest BCUT2D eigenvalue weighted by molar-refractivity contribution is -0.163. The minimum atomic E-state index is -4.15. The third-order valence-electron chi connectivity index (χ3n) is 2.80. The Morgan fingerprint density at radius 2 is 2.06 bits per heavy atom. The van der Waals surface area contributed by atoms with Gasteiger partial charge in [-0.1, -0.05) is 18.1 Å². The Morgan fingerprint density at radius 1 is 1.22 bits per heavy atom. The van der Waals surface area contributed by atoms with E-state index >= 15 is 0 Å². The maximum atomic E-state index is 12.6. The van der Waals surface area contributed by atoms with Gasteiger partial charge in [-0.25, -0.2) is 4.98 Å². The van der Waals surface area contributed by atoms with Crippen LogP contribution in [0.15, 0.2) is 36.0 Å². The summed E-state index contributed by atoms with van der Waals surface area (Å²) in [5.74, 6) is 4.23. The minimum absolute atomic E-state index is 0.165. The van der Waals surface area contributed by atoms with Crippen LogP contribution >= 0.6 is 0 Å². The summed E-state index contributed by atoms with van der Waals surface area (Å²) < 4.78 is 37.7. The van der Waals surface area contributed by atoms with E-state index < -0.39 is 12.1 Å². The summed E-state index contributed by atoms with van der Waals surface area (Å²) in [5.41, 5.74) is 1.14. The number of nitrogens with zero attached hydrogens (tertiary/aromatic N) is 1. The van der Waals surface area contributed by atoms with Crippen molar-refractivity contribution < 1.29 is 13.2 Å². The van der Waals surface area contributed by atoms with E-state index in [0.717, 1.165) is 0 Å². The number of halogens is 3. The summed E-state index contributed by atoms with van der Waals surface area (Å²) in [4.78, 5) is 4.01. The van der Waals surface area contributed by atoms with E-state index in [4.69, 9.17) is 0 Å². The third kappa shape index (κ3) is 3.36. The first kappa shape index (κ1) is 12.7. The molecule has 0 amide bonds. The smallest absolute Gasteiger partial charge is 0.248 e. The first-order valence-electron chi connectivity index (χ1n) is 5.76. The van der Waals surface area contributed by atoms with Crippen molar-refractivity contribution in [3.05, 3.63) is 41.7 Å². The van der Waals surface area contributed by atoms with Crippen LogP contribution in [0, 0.1) is 17.8 Å². The lowest BCUT2D eigenvalue weighted by atomic mass is 9.90. The predicted molar refractivity (Wildman–Crippen MR) is 62.6 cm³/mol. The standard InChI is InChI=1S/C14H12F3N/c15-14(16,17)12-5-3-4-11(10-12)7-8-13-6-1-2-9-18-13/h1-2,6,9-10,12H,3-5H2. The van der Waals surface area contributed by atoms with Gasteiger partial charge in [0.05, 0.1) is 5.92 Å². The Kier molecular flexibility index (Phi) is 3.71. The number of hydrogen-bond acceptors (Lipinski definition) is 1. The van der Waals surface area contributed by atoms with Crippen molar-refractivity contribution in [2.75, 3.05) is 0 Å². The molecule has 1 unspecified atom stereocenters. The molecular weight excluding hydrogens is 239 g/mol. The van der Waals surface area contributed by atoms with Gasteiger partial charge in [-0.3, -0.25) is 0 Å². The molecule has 0 spiro atoms. The lowest BCUT2D eigenvalue weighted by Crippen LogP contribution is -2.23. The molecule has 0 saturated carbocycles. The fraction of sp³-hybridized carbons (Fsp3) is 0.357. The Hall–Kier alpha value is -1.76. The molecule has 0 radical (unpaired) electrons. The molecule has 18 heavy (non-hydrogen) atoms. The van der Waals surface area contributed by atoms with E-state index in [2.05, 4.69) is 16.8 Å². The average molecular weight is 251 g/mol. The Labute approximate surface area is 104 Å². The molecular formula is C14H12F3N. The topological polar surface area (TPSA) is 12.9 Å². The monoisotopic (exact) mass is 251 g/mol. The Bertz CT molecular complexity index is 491. The molecule has 1 aromatic rings. The quantitative estimate of drug-likeness (QED) is 0.640. The van der Waals surface area contributed by atoms with Crippen LogP contribution in [0.3, 0.4) is 0 Å². The fourth-order valence-electron chi connectivity index (χ4n) is 1.87. The molecule has 0 N–H and O–H groups in total. The van der Waals surface area contributed by atoms with Gasteiger partial charge in [0, 0.05) is 6.20 Å². The number of rotatable bonds is 0. The Balaban J connectivity index is 2.15. The largest absolute Gasteiger partial charge is 0.395 e. The number of pyridine rings is 1. The molecule has 4 heteroatoms. The van der Waals surface area contributed by atoms with E-state index in [1.807, 2.05) is 0 Å². The Morgan fingerprint density at radius 3 is 2.72 bits per heavy atom. The van der Waals surface area contributed by atoms with E-state index in [9.17, 15) is 13.2 Å². The lowest BCUT2D eigenvalue weighted by Gasteiger charge is -2.21. The van der Waals surface area contributed by atoms with Crippen molar-refractivity contribution in [2.45, 2.75) is 25.4 Å². The highest BCUT2D eigenvalue weighted by atomic mass is 19.4. The molecule has 0 aromatic carbocycles. The molecule has 0 fully saturated rings. The zero-order valence-electron chi connectivity index (χ0n) is 9.67. The summed E-state index contributed by atoms with van der Waals surface area (Å²) >= 11 is 0. The average Bonchev–Trinajstić information content (AvgIpc) is 2.37. The number of aromatic nitrogens is 1. The van der Waals surface area contributed by atoms with Gasteiger partial charge in [-0.15, -0.1) is 0 Å². The molecule has 94 valence electrons. The van der Waals surface area contributed by atoms with Crippen LogP contribution in [0.25, 0.3) is 0 Å². The van der Waals surface area contributed by atoms with E-state index in [0.29, 0.717) is 24.1 Å². The molecule has 1 nitrogen and oxygen atoms in total. The molecule has 2 rings (SSSR count). The molecule has 0 bridgehead atoms. The van der Waals surface area contributed by atoms with Crippen molar-refractivity contribution in [2.24, 2.45) is 5.92 Å². The van der Waals surface area contributed by atoms with Crippen LogP contribution in [0.2, 0.25) is 0 Å². The van der Waals surface area contributed by atoms with Crippen molar-refractivity contribution in [3.63, 3.8) is 0 Å². The highest BCUT2D eigenvalue weighted by molar-refractivity contribution is 5.38. The van der Waals surface area contributed by atoms with Gasteiger partial charge in [0.2, 0.25) is 0 Å². The van der Waals surface area contributed by atoms with Gasteiger partial charge in [0.15, 0.2) is 0 Å². The highest BCUT2D eigenvalue weighted by Gasteiger charge is 2.38. The summed E-state index contributed by atoms with van der Waals surface area (Å²) in [6.45, 7) is 0. The van der Waals surface area contributed by atoms with Gasteiger partial charge in [0.1, 0.15) is 5.69 Å². The van der Waals surface area contributed by atoms with Crippen LogP contribution < -0.4 is 0 Å². The summed E-state index contributed by atoms with van der Waals surface area (Å²) in [7, 11) is 0. The fourth-order valence-corrected chi connectivity index (χ4v) is 1.87. The van der Waals surface area contributed by atoms with Gasteiger partial charge < -0.3 is 0 Å². The van der Waals surface area contributed by atoms with E-state index in [1.165, 1.54) is 6.08 Å². The van der Waals surface area contributed by atoms with Gasteiger partial charge in [0.25, 0.3) is 0 Å². The van der Waals surface area contributed by atoms with Gasteiger partial charge in [-0.2, -0.15) is 13.2 Å². The first-order chi connectivity index (χ1) is 8.55. The van der Waals surface area contributed by atoms with Gasteiger partial charge in [-0.05, 0) is 42.9 Å². The van der Waals surface area contributed by atoms with Crippen molar-refractivity contribution >= 4 is 0 Å². The number of alkyl halides is 3. The minimum Gasteiger partial charge on any atom is -0.248 e. The zero-order chi connectivity index (χ0) is 13.0. The molecule has 0 aliphatic heterocycles. The molecule has 1 aliphatic rings. The first-order valence-corrected chi connectivity index (χ1v) is 5.76. The second-order valence-corrected chi connectivity index (χ2v) is 4.20. The summed E-state index contributed by atoms with van der Waals surface area (Å²) in [6, 6.07) is 5.30. The molecule has 1 aliphatic carbocycles. The maximum Gasteiger partial charge on any atom is 0.395 e. The normalized spacial score (nSPS) is 19.7. The number of hydrogen-bond donors (Lipinski definition) is 0. The second kappa shape index (κ2) is 5.26.